The molecule has 0 saturated carbocycles. The van der Waals surface area contributed by atoms with Gasteiger partial charge in [-0.15, -0.1) is 11.8 Å². The first kappa shape index (κ1) is 20.9. The summed E-state index contributed by atoms with van der Waals surface area (Å²) in [4.78, 5) is 27.6. The molecule has 0 radical (unpaired) electrons. The minimum absolute atomic E-state index is 0.131. The van der Waals surface area contributed by atoms with Crippen LogP contribution in [0.3, 0.4) is 0 Å². The van der Waals surface area contributed by atoms with E-state index in [4.69, 9.17) is 10.00 Å². The highest BCUT2D eigenvalue weighted by Gasteiger charge is 2.24. The Kier molecular flexibility index (Phi) is 7.31. The van der Waals surface area contributed by atoms with Crippen LogP contribution in [0, 0.1) is 11.3 Å². The van der Waals surface area contributed by atoms with Crippen molar-refractivity contribution >= 4 is 23.6 Å². The van der Waals surface area contributed by atoms with E-state index in [0.717, 1.165) is 36.3 Å². The highest BCUT2D eigenvalue weighted by Crippen LogP contribution is 2.27. The number of benzene rings is 2. The lowest BCUT2D eigenvalue weighted by atomic mass is 10.0. The minimum Gasteiger partial charge on any atom is -0.452 e. The Bertz CT molecular complexity index is 905. The number of carbonyl (C=O) groups is 2. The Balaban J connectivity index is 1.59. The molecule has 0 unspecified atom stereocenters. The molecule has 0 spiro atoms. The van der Waals surface area contributed by atoms with Crippen molar-refractivity contribution in [3.8, 4) is 6.07 Å². The summed E-state index contributed by atoms with van der Waals surface area (Å²) in [7, 11) is 0. The number of hydrogen-bond donors (Lipinski definition) is 0. The van der Waals surface area contributed by atoms with Crippen LogP contribution >= 0.6 is 11.8 Å². The van der Waals surface area contributed by atoms with Crippen molar-refractivity contribution in [2.45, 2.75) is 42.9 Å². The lowest BCUT2D eigenvalue weighted by molar-refractivity contribution is -0.137. The standard InChI is InChI=1S/C23H24N2O3S/c1-17-6-4-5-13-25(17)22(26)15-28-23(27)20-7-2-3-8-21(20)29-16-19-11-9-18(14-24)10-12-19/h2-3,7-12,17H,4-6,13,15-16H2,1H3/t17-/m0/s1. The van der Waals surface area contributed by atoms with Crippen molar-refractivity contribution in [1.82, 2.24) is 4.90 Å². The van der Waals surface area contributed by atoms with Crippen LogP contribution in [0.15, 0.2) is 53.4 Å². The summed E-state index contributed by atoms with van der Waals surface area (Å²) in [5, 5.41) is 8.89. The summed E-state index contributed by atoms with van der Waals surface area (Å²) in [5.74, 6) is 0.0550. The number of nitrogens with zero attached hydrogens (tertiary/aromatic N) is 2. The Morgan fingerprint density at radius 1 is 1.17 bits per heavy atom. The first-order valence-corrected chi connectivity index (χ1v) is 10.7. The zero-order chi connectivity index (χ0) is 20.6. The summed E-state index contributed by atoms with van der Waals surface area (Å²) < 4.78 is 5.33. The summed E-state index contributed by atoms with van der Waals surface area (Å²) in [6, 6.07) is 16.9. The second-order valence-corrected chi connectivity index (χ2v) is 8.12. The molecule has 1 aliphatic heterocycles. The Hall–Kier alpha value is -2.78. The molecular weight excluding hydrogens is 384 g/mol. The van der Waals surface area contributed by atoms with E-state index in [-0.39, 0.29) is 18.6 Å². The molecule has 29 heavy (non-hydrogen) atoms. The van der Waals surface area contributed by atoms with Crippen LogP contribution in [0.25, 0.3) is 0 Å². The van der Waals surface area contributed by atoms with Crippen LogP contribution in [0.4, 0.5) is 0 Å². The van der Waals surface area contributed by atoms with Gasteiger partial charge in [-0.25, -0.2) is 4.79 Å². The molecular formula is C23H24N2O3S. The van der Waals surface area contributed by atoms with Crippen molar-refractivity contribution in [2.24, 2.45) is 0 Å². The number of ether oxygens (including phenoxy) is 1. The maximum Gasteiger partial charge on any atom is 0.339 e. The zero-order valence-corrected chi connectivity index (χ0v) is 17.3. The largest absolute Gasteiger partial charge is 0.452 e. The monoisotopic (exact) mass is 408 g/mol. The number of rotatable bonds is 6. The Morgan fingerprint density at radius 2 is 1.93 bits per heavy atom. The Morgan fingerprint density at radius 3 is 2.66 bits per heavy atom. The van der Waals surface area contributed by atoms with Gasteiger partial charge in [0.25, 0.3) is 5.91 Å². The average molecular weight is 409 g/mol. The smallest absolute Gasteiger partial charge is 0.339 e. The van der Waals surface area contributed by atoms with Crippen molar-refractivity contribution in [3.63, 3.8) is 0 Å². The summed E-state index contributed by atoms with van der Waals surface area (Å²) in [6.07, 6.45) is 3.13. The predicted octanol–water partition coefficient (Wildman–Crippen LogP) is 4.41. The fraction of sp³-hybridized carbons (Fsp3) is 0.348. The second-order valence-electron chi connectivity index (χ2n) is 7.10. The lowest BCUT2D eigenvalue weighted by Crippen LogP contribution is -2.44. The van der Waals surface area contributed by atoms with Crippen molar-refractivity contribution < 1.29 is 14.3 Å². The fourth-order valence-corrected chi connectivity index (χ4v) is 4.35. The molecule has 1 atom stereocenters. The van der Waals surface area contributed by atoms with E-state index >= 15 is 0 Å². The maximum absolute atomic E-state index is 12.6. The zero-order valence-electron chi connectivity index (χ0n) is 16.5. The van der Waals surface area contributed by atoms with Crippen molar-refractivity contribution in [3.05, 3.63) is 65.2 Å². The number of nitriles is 1. The van der Waals surface area contributed by atoms with Gasteiger partial charge in [-0.05, 0) is 56.0 Å². The molecule has 2 aromatic rings. The van der Waals surface area contributed by atoms with Gasteiger partial charge in [-0.1, -0.05) is 24.3 Å². The third-order valence-corrected chi connectivity index (χ3v) is 6.18. The average Bonchev–Trinajstić information content (AvgIpc) is 2.76. The van der Waals surface area contributed by atoms with Gasteiger partial charge in [0.2, 0.25) is 0 Å². The van der Waals surface area contributed by atoms with Crippen LogP contribution in [-0.4, -0.2) is 36.0 Å². The third-order valence-electron chi connectivity index (χ3n) is 5.03. The van der Waals surface area contributed by atoms with E-state index in [1.807, 2.05) is 36.1 Å². The topological polar surface area (TPSA) is 70.4 Å². The van der Waals surface area contributed by atoms with Gasteiger partial charge in [0.15, 0.2) is 6.61 Å². The Labute approximate surface area is 175 Å². The molecule has 0 N–H and O–H groups in total. The molecule has 6 heteroatoms. The van der Waals surface area contributed by atoms with E-state index < -0.39 is 5.97 Å². The van der Waals surface area contributed by atoms with Gasteiger partial charge in [-0.3, -0.25) is 4.79 Å². The number of likely N-dealkylation sites (tertiary alicyclic amines) is 1. The molecule has 1 heterocycles. The lowest BCUT2D eigenvalue weighted by Gasteiger charge is -2.33. The van der Waals surface area contributed by atoms with Gasteiger partial charge in [0.05, 0.1) is 17.2 Å². The SMILES string of the molecule is C[C@H]1CCCCN1C(=O)COC(=O)c1ccccc1SCc1ccc(C#N)cc1. The molecule has 1 saturated heterocycles. The number of amides is 1. The number of esters is 1. The molecule has 1 fully saturated rings. The predicted molar refractivity (Wildman–Crippen MR) is 112 cm³/mol. The first-order chi connectivity index (χ1) is 14.1. The number of piperidine rings is 1. The van der Waals surface area contributed by atoms with Crippen molar-refractivity contribution in [1.29, 1.82) is 5.26 Å². The minimum atomic E-state index is -0.481. The molecule has 3 rings (SSSR count). The summed E-state index contributed by atoms with van der Waals surface area (Å²) in [5.41, 5.74) is 2.15. The summed E-state index contributed by atoms with van der Waals surface area (Å²) in [6.45, 7) is 2.54. The fourth-order valence-electron chi connectivity index (χ4n) is 3.35. The highest BCUT2D eigenvalue weighted by atomic mass is 32.2. The van der Waals surface area contributed by atoms with Gasteiger partial charge in [0.1, 0.15) is 0 Å². The van der Waals surface area contributed by atoms with Gasteiger partial charge >= 0.3 is 5.97 Å². The van der Waals surface area contributed by atoms with Crippen LogP contribution < -0.4 is 0 Å². The maximum atomic E-state index is 12.6. The van der Waals surface area contributed by atoms with E-state index in [9.17, 15) is 9.59 Å². The summed E-state index contributed by atoms with van der Waals surface area (Å²) >= 11 is 1.53. The molecule has 5 nitrogen and oxygen atoms in total. The molecule has 1 amide bonds. The van der Waals surface area contributed by atoms with E-state index in [1.54, 1.807) is 24.3 Å². The molecule has 1 aliphatic rings. The van der Waals surface area contributed by atoms with Gasteiger partial charge in [-0.2, -0.15) is 5.26 Å². The molecule has 0 aromatic heterocycles. The van der Waals surface area contributed by atoms with Crippen LogP contribution in [-0.2, 0) is 15.3 Å². The van der Waals surface area contributed by atoms with Crippen LogP contribution in [0.1, 0.15) is 47.7 Å². The number of carbonyl (C=O) groups excluding carboxylic acids is 2. The quantitative estimate of drug-likeness (QED) is 0.523. The van der Waals surface area contributed by atoms with Gasteiger partial charge < -0.3 is 9.64 Å². The van der Waals surface area contributed by atoms with Gasteiger partial charge in [0, 0.05) is 23.2 Å². The molecule has 0 bridgehead atoms. The normalized spacial score (nSPS) is 16.1. The van der Waals surface area contributed by atoms with E-state index in [2.05, 4.69) is 6.07 Å². The number of thioether (sulfide) groups is 1. The highest BCUT2D eigenvalue weighted by molar-refractivity contribution is 7.98. The second kappa shape index (κ2) is 10.1. The molecule has 150 valence electrons. The van der Waals surface area contributed by atoms with E-state index in [1.165, 1.54) is 11.8 Å². The number of hydrogen-bond acceptors (Lipinski definition) is 5. The third kappa shape index (κ3) is 5.61. The van der Waals surface area contributed by atoms with Crippen molar-refractivity contribution in [2.75, 3.05) is 13.2 Å². The molecule has 2 aromatic carbocycles. The van der Waals surface area contributed by atoms with Crippen LogP contribution in [0.5, 0.6) is 0 Å². The first-order valence-electron chi connectivity index (χ1n) is 9.76. The van der Waals surface area contributed by atoms with Crippen LogP contribution in [0.2, 0.25) is 0 Å². The van der Waals surface area contributed by atoms with E-state index in [0.29, 0.717) is 16.9 Å². The molecule has 0 aliphatic carbocycles.